The third-order valence-electron chi connectivity index (χ3n) is 5.12. The van der Waals surface area contributed by atoms with Gasteiger partial charge < -0.3 is 9.88 Å². The molecular formula is C24H22FN3O. The van der Waals surface area contributed by atoms with E-state index in [9.17, 15) is 9.18 Å². The lowest BCUT2D eigenvalue weighted by Gasteiger charge is -2.17. The average Bonchev–Trinajstić information content (AvgIpc) is 3.09. The second kappa shape index (κ2) is 7.87. The van der Waals surface area contributed by atoms with Crippen molar-refractivity contribution in [2.24, 2.45) is 0 Å². The Kier molecular flexibility index (Phi) is 5.12. The predicted molar refractivity (Wildman–Crippen MR) is 112 cm³/mol. The van der Waals surface area contributed by atoms with Crippen molar-refractivity contribution in [3.8, 4) is 0 Å². The van der Waals surface area contributed by atoms with E-state index < -0.39 is 0 Å². The molecule has 0 aliphatic carbocycles. The molecule has 0 fully saturated rings. The highest BCUT2D eigenvalue weighted by atomic mass is 19.1. The normalized spacial score (nSPS) is 12.1. The Morgan fingerprint density at radius 1 is 1.03 bits per heavy atom. The maximum absolute atomic E-state index is 13.1. The van der Waals surface area contributed by atoms with Crippen molar-refractivity contribution in [2.75, 3.05) is 0 Å². The summed E-state index contributed by atoms with van der Waals surface area (Å²) in [5, 5.41) is 2.99. The predicted octanol–water partition coefficient (Wildman–Crippen LogP) is 5.02. The first kappa shape index (κ1) is 18.9. The molecule has 29 heavy (non-hydrogen) atoms. The van der Waals surface area contributed by atoms with E-state index in [1.165, 1.54) is 35.4 Å². The van der Waals surface area contributed by atoms with Crippen molar-refractivity contribution in [3.63, 3.8) is 0 Å². The highest BCUT2D eigenvalue weighted by molar-refractivity contribution is 5.94. The minimum atomic E-state index is -0.366. The van der Waals surface area contributed by atoms with Gasteiger partial charge in [-0.2, -0.15) is 0 Å². The fourth-order valence-electron chi connectivity index (χ4n) is 3.49. The second-order valence-corrected chi connectivity index (χ2v) is 7.17. The van der Waals surface area contributed by atoms with Crippen LogP contribution in [0.25, 0.3) is 11.0 Å². The van der Waals surface area contributed by atoms with E-state index in [0.717, 1.165) is 16.9 Å². The lowest BCUT2D eigenvalue weighted by atomic mass is 10.1. The smallest absolute Gasteiger partial charge is 0.251 e. The van der Waals surface area contributed by atoms with Crippen LogP contribution in [0.3, 0.4) is 0 Å². The average molecular weight is 387 g/mol. The van der Waals surface area contributed by atoms with Gasteiger partial charge in [0.1, 0.15) is 11.6 Å². The van der Waals surface area contributed by atoms with Gasteiger partial charge in [0.25, 0.3) is 5.91 Å². The first-order chi connectivity index (χ1) is 14.0. The van der Waals surface area contributed by atoms with E-state index in [0.29, 0.717) is 12.1 Å². The molecule has 1 N–H and O–H groups in total. The number of benzene rings is 3. The molecule has 0 saturated heterocycles. The summed E-state index contributed by atoms with van der Waals surface area (Å²) >= 11 is 0. The fourth-order valence-corrected chi connectivity index (χ4v) is 3.49. The molecule has 0 saturated carbocycles. The SMILES string of the molecule is Cc1ccccc1Cn1c([C@@H](C)NC(=O)c2ccc(F)cc2)nc2ccccc21. The van der Waals surface area contributed by atoms with E-state index >= 15 is 0 Å². The van der Waals surface area contributed by atoms with Crippen LogP contribution in [-0.4, -0.2) is 15.5 Å². The molecule has 3 aromatic carbocycles. The Morgan fingerprint density at radius 3 is 2.48 bits per heavy atom. The van der Waals surface area contributed by atoms with Gasteiger partial charge in [0.05, 0.1) is 17.1 Å². The summed E-state index contributed by atoms with van der Waals surface area (Å²) in [6.45, 7) is 4.67. The number of nitrogens with zero attached hydrogens (tertiary/aromatic N) is 2. The van der Waals surface area contributed by atoms with Crippen LogP contribution in [0.2, 0.25) is 0 Å². The van der Waals surface area contributed by atoms with Gasteiger partial charge in [-0.15, -0.1) is 0 Å². The maximum Gasteiger partial charge on any atom is 0.251 e. The van der Waals surface area contributed by atoms with Crippen molar-refractivity contribution < 1.29 is 9.18 Å². The van der Waals surface area contributed by atoms with Crippen molar-refractivity contribution >= 4 is 16.9 Å². The molecule has 0 aliphatic heterocycles. The quantitative estimate of drug-likeness (QED) is 0.522. The number of aromatic nitrogens is 2. The number of halogens is 1. The molecule has 0 spiro atoms. The van der Waals surface area contributed by atoms with E-state index in [4.69, 9.17) is 4.98 Å². The maximum atomic E-state index is 13.1. The lowest BCUT2D eigenvalue weighted by molar-refractivity contribution is 0.0937. The summed E-state index contributed by atoms with van der Waals surface area (Å²) < 4.78 is 15.3. The van der Waals surface area contributed by atoms with Gasteiger partial charge in [0.15, 0.2) is 0 Å². The molecule has 5 heteroatoms. The van der Waals surface area contributed by atoms with Crippen LogP contribution in [0.15, 0.2) is 72.8 Å². The number of amides is 1. The van der Waals surface area contributed by atoms with Crippen LogP contribution >= 0.6 is 0 Å². The Labute approximate surface area is 169 Å². The zero-order valence-corrected chi connectivity index (χ0v) is 16.4. The number of fused-ring (bicyclic) bond motifs is 1. The molecule has 1 aromatic heterocycles. The number of aryl methyl sites for hydroxylation is 1. The summed E-state index contributed by atoms with van der Waals surface area (Å²) in [6, 6.07) is 21.4. The Hall–Kier alpha value is -3.47. The molecule has 4 aromatic rings. The van der Waals surface area contributed by atoms with Gasteiger partial charge >= 0.3 is 0 Å². The fraction of sp³-hybridized carbons (Fsp3) is 0.167. The van der Waals surface area contributed by atoms with Gasteiger partial charge in [0, 0.05) is 12.1 Å². The van der Waals surface area contributed by atoms with Crippen LogP contribution in [0.5, 0.6) is 0 Å². The number of nitrogens with one attached hydrogen (secondary N) is 1. The molecule has 4 rings (SSSR count). The van der Waals surface area contributed by atoms with Crippen molar-refractivity contribution in [1.82, 2.24) is 14.9 Å². The van der Waals surface area contributed by atoms with Crippen molar-refractivity contribution in [3.05, 3.63) is 101 Å². The standard InChI is InChI=1S/C24H22FN3O/c1-16-7-3-4-8-19(16)15-28-22-10-6-5-9-21(22)27-23(28)17(2)26-24(29)18-11-13-20(25)14-12-18/h3-14,17H,15H2,1-2H3,(H,26,29)/t17-/m1/s1. The highest BCUT2D eigenvalue weighted by Crippen LogP contribution is 2.23. The monoisotopic (exact) mass is 387 g/mol. The van der Waals surface area contributed by atoms with Gasteiger partial charge in [-0.05, 0) is 61.4 Å². The number of imidazole rings is 1. The third kappa shape index (κ3) is 3.90. The summed E-state index contributed by atoms with van der Waals surface area (Å²) in [6.07, 6.45) is 0. The second-order valence-electron chi connectivity index (χ2n) is 7.17. The molecule has 1 amide bonds. The van der Waals surface area contributed by atoms with E-state index in [1.807, 2.05) is 43.3 Å². The number of hydrogen-bond acceptors (Lipinski definition) is 2. The number of carbonyl (C=O) groups is 1. The van der Waals surface area contributed by atoms with Crippen molar-refractivity contribution in [1.29, 1.82) is 0 Å². The van der Waals surface area contributed by atoms with Crippen LogP contribution in [0.1, 0.15) is 40.3 Å². The van der Waals surface area contributed by atoms with Gasteiger partial charge in [-0.3, -0.25) is 4.79 Å². The lowest BCUT2D eigenvalue weighted by Crippen LogP contribution is -2.28. The zero-order valence-electron chi connectivity index (χ0n) is 16.4. The van der Waals surface area contributed by atoms with Crippen LogP contribution < -0.4 is 5.32 Å². The van der Waals surface area contributed by atoms with E-state index in [-0.39, 0.29) is 17.8 Å². The molecule has 0 aliphatic rings. The number of rotatable bonds is 5. The first-order valence-corrected chi connectivity index (χ1v) is 9.59. The summed E-state index contributed by atoms with van der Waals surface area (Å²) in [4.78, 5) is 17.4. The summed E-state index contributed by atoms with van der Waals surface area (Å²) in [5.41, 5.74) is 4.74. The molecule has 4 nitrogen and oxygen atoms in total. The van der Waals surface area contributed by atoms with Gasteiger partial charge in [-0.25, -0.2) is 9.37 Å². The Balaban J connectivity index is 1.68. The Bertz CT molecular complexity index is 1160. The Morgan fingerprint density at radius 2 is 1.72 bits per heavy atom. The number of carbonyl (C=O) groups excluding carboxylic acids is 1. The van der Waals surface area contributed by atoms with Crippen LogP contribution in [-0.2, 0) is 6.54 Å². The minimum absolute atomic E-state index is 0.257. The topological polar surface area (TPSA) is 46.9 Å². The van der Waals surface area contributed by atoms with E-state index in [1.54, 1.807) is 0 Å². The third-order valence-corrected chi connectivity index (χ3v) is 5.12. The zero-order chi connectivity index (χ0) is 20.4. The molecule has 1 atom stereocenters. The minimum Gasteiger partial charge on any atom is -0.342 e. The number of hydrogen-bond donors (Lipinski definition) is 1. The van der Waals surface area contributed by atoms with Gasteiger partial charge in [-0.1, -0.05) is 36.4 Å². The van der Waals surface area contributed by atoms with Gasteiger partial charge in [0.2, 0.25) is 0 Å². The molecule has 0 unspecified atom stereocenters. The molecule has 0 bridgehead atoms. The van der Waals surface area contributed by atoms with Crippen LogP contribution in [0, 0.1) is 12.7 Å². The molecule has 146 valence electrons. The highest BCUT2D eigenvalue weighted by Gasteiger charge is 2.19. The molecule has 1 heterocycles. The van der Waals surface area contributed by atoms with Crippen LogP contribution in [0.4, 0.5) is 4.39 Å². The molecule has 0 radical (unpaired) electrons. The van der Waals surface area contributed by atoms with Crippen molar-refractivity contribution in [2.45, 2.75) is 26.4 Å². The molecular weight excluding hydrogens is 365 g/mol. The first-order valence-electron chi connectivity index (χ1n) is 9.59. The van der Waals surface area contributed by atoms with E-state index in [2.05, 4.69) is 28.9 Å². The summed E-state index contributed by atoms with van der Waals surface area (Å²) in [7, 11) is 0. The number of para-hydroxylation sites is 2. The largest absolute Gasteiger partial charge is 0.342 e. The summed E-state index contributed by atoms with van der Waals surface area (Å²) in [5.74, 6) is 0.159.